The molecule has 7 nitrogen and oxygen atoms in total. The molecule has 7 heteroatoms. The molecule has 0 atom stereocenters. The molecule has 0 saturated heterocycles. The van der Waals surface area contributed by atoms with Crippen molar-refractivity contribution < 1.29 is 9.59 Å². The van der Waals surface area contributed by atoms with Crippen LogP contribution in [0.4, 0.5) is 17.3 Å². The van der Waals surface area contributed by atoms with Gasteiger partial charge in [-0.15, -0.1) is 0 Å². The summed E-state index contributed by atoms with van der Waals surface area (Å²) in [5.41, 5.74) is 1.41. The van der Waals surface area contributed by atoms with Crippen molar-refractivity contribution in [2.24, 2.45) is 0 Å². The van der Waals surface area contributed by atoms with Gasteiger partial charge in [0.05, 0.1) is 23.5 Å². The summed E-state index contributed by atoms with van der Waals surface area (Å²) in [5, 5.41) is 8.17. The average molecular weight is 269 g/mol. The molecular weight excluding hydrogens is 258 g/mol. The van der Waals surface area contributed by atoms with Crippen molar-refractivity contribution in [2.45, 2.75) is 0 Å². The van der Waals surface area contributed by atoms with E-state index in [1.54, 1.807) is 37.6 Å². The minimum absolute atomic E-state index is 0.359. The van der Waals surface area contributed by atoms with Crippen LogP contribution in [0, 0.1) is 0 Å². The van der Waals surface area contributed by atoms with Gasteiger partial charge in [-0.2, -0.15) is 0 Å². The number of aromatic nitrogens is 2. The smallest absolute Gasteiger partial charge is 0.259 e. The van der Waals surface area contributed by atoms with Gasteiger partial charge in [-0.1, -0.05) is 0 Å². The second-order valence-corrected chi connectivity index (χ2v) is 4.21. The zero-order valence-electron chi connectivity index (χ0n) is 10.6. The SMILES string of the molecule is CNc1cncc(Nc2ccc3c(c2)C(=O)NC3=O)n1. The molecule has 0 spiro atoms. The molecule has 100 valence electrons. The number of fused-ring (bicyclic) bond motifs is 1. The highest BCUT2D eigenvalue weighted by atomic mass is 16.2. The summed E-state index contributed by atoms with van der Waals surface area (Å²) in [6, 6.07) is 4.93. The molecule has 3 N–H and O–H groups in total. The van der Waals surface area contributed by atoms with Crippen LogP contribution >= 0.6 is 0 Å². The molecule has 0 aliphatic carbocycles. The fraction of sp³-hybridized carbons (Fsp3) is 0.0769. The second kappa shape index (κ2) is 4.61. The molecule has 2 amide bonds. The molecule has 2 aromatic rings. The summed E-state index contributed by atoms with van der Waals surface area (Å²) in [7, 11) is 1.75. The Bertz CT molecular complexity index is 714. The second-order valence-electron chi connectivity index (χ2n) is 4.21. The first kappa shape index (κ1) is 12.1. The van der Waals surface area contributed by atoms with Crippen LogP contribution < -0.4 is 16.0 Å². The Morgan fingerprint density at radius 1 is 1.05 bits per heavy atom. The van der Waals surface area contributed by atoms with E-state index in [-0.39, 0.29) is 11.8 Å². The van der Waals surface area contributed by atoms with Crippen LogP contribution in [0.25, 0.3) is 0 Å². The number of carbonyl (C=O) groups excluding carboxylic acids is 2. The largest absolute Gasteiger partial charge is 0.372 e. The van der Waals surface area contributed by atoms with Gasteiger partial charge in [0.25, 0.3) is 11.8 Å². The van der Waals surface area contributed by atoms with E-state index in [0.29, 0.717) is 28.5 Å². The summed E-state index contributed by atoms with van der Waals surface area (Å²) in [4.78, 5) is 31.3. The number of nitrogens with zero attached hydrogens (tertiary/aromatic N) is 2. The molecule has 1 aromatic carbocycles. The van der Waals surface area contributed by atoms with Crippen molar-refractivity contribution in [3.05, 3.63) is 41.7 Å². The Balaban J connectivity index is 1.90. The summed E-state index contributed by atoms with van der Waals surface area (Å²) in [5.74, 6) is 0.419. The standard InChI is InChI=1S/C13H11N5O2/c1-14-10-5-15-6-11(17-10)16-7-2-3-8-9(4-7)13(20)18-12(8)19/h2-6H,1H3,(H2,14,16,17)(H,18,19,20). The van der Waals surface area contributed by atoms with E-state index < -0.39 is 0 Å². The molecule has 1 aliphatic heterocycles. The van der Waals surface area contributed by atoms with Crippen LogP contribution in [0.1, 0.15) is 20.7 Å². The summed E-state index contributed by atoms with van der Waals surface area (Å²) < 4.78 is 0. The maximum Gasteiger partial charge on any atom is 0.259 e. The van der Waals surface area contributed by atoms with E-state index in [4.69, 9.17) is 0 Å². The van der Waals surface area contributed by atoms with Crippen LogP contribution in [0.2, 0.25) is 0 Å². The molecule has 1 aliphatic rings. The van der Waals surface area contributed by atoms with E-state index in [9.17, 15) is 9.59 Å². The highest BCUT2D eigenvalue weighted by Gasteiger charge is 2.26. The van der Waals surface area contributed by atoms with Gasteiger partial charge in [-0.3, -0.25) is 19.9 Å². The predicted octanol–water partition coefficient (Wildman–Crippen LogP) is 1.15. The maximum absolute atomic E-state index is 11.6. The van der Waals surface area contributed by atoms with E-state index in [0.717, 1.165) is 0 Å². The number of carbonyl (C=O) groups is 2. The van der Waals surface area contributed by atoms with Crippen LogP contribution in [-0.4, -0.2) is 28.8 Å². The molecule has 2 heterocycles. The number of imide groups is 1. The number of hydrogen-bond acceptors (Lipinski definition) is 6. The quantitative estimate of drug-likeness (QED) is 0.723. The zero-order chi connectivity index (χ0) is 14.1. The molecule has 1 aromatic heterocycles. The Morgan fingerprint density at radius 2 is 1.80 bits per heavy atom. The van der Waals surface area contributed by atoms with Gasteiger partial charge in [-0.25, -0.2) is 4.98 Å². The molecule has 0 unspecified atom stereocenters. The van der Waals surface area contributed by atoms with Crippen LogP contribution in [0.5, 0.6) is 0 Å². The third-order valence-corrected chi connectivity index (χ3v) is 2.90. The highest BCUT2D eigenvalue weighted by molar-refractivity contribution is 6.21. The average Bonchev–Trinajstić information content (AvgIpc) is 2.74. The van der Waals surface area contributed by atoms with Crippen molar-refractivity contribution in [1.82, 2.24) is 15.3 Å². The minimum atomic E-state index is -0.385. The topological polar surface area (TPSA) is 96.0 Å². The third kappa shape index (κ3) is 2.05. The maximum atomic E-state index is 11.6. The molecule has 0 fully saturated rings. The van der Waals surface area contributed by atoms with Gasteiger partial charge in [0.1, 0.15) is 5.82 Å². The van der Waals surface area contributed by atoms with Gasteiger partial charge < -0.3 is 10.6 Å². The van der Waals surface area contributed by atoms with Gasteiger partial charge in [0.2, 0.25) is 0 Å². The zero-order valence-corrected chi connectivity index (χ0v) is 10.6. The van der Waals surface area contributed by atoms with Crippen molar-refractivity contribution in [3.63, 3.8) is 0 Å². The van der Waals surface area contributed by atoms with E-state index >= 15 is 0 Å². The fourth-order valence-electron chi connectivity index (χ4n) is 1.94. The molecular formula is C13H11N5O2. The predicted molar refractivity (Wildman–Crippen MR) is 73.1 cm³/mol. The first-order chi connectivity index (χ1) is 9.67. The fourth-order valence-corrected chi connectivity index (χ4v) is 1.94. The highest BCUT2D eigenvalue weighted by Crippen LogP contribution is 2.22. The van der Waals surface area contributed by atoms with E-state index in [1.807, 2.05) is 0 Å². The molecule has 20 heavy (non-hydrogen) atoms. The van der Waals surface area contributed by atoms with Gasteiger partial charge in [0.15, 0.2) is 5.82 Å². The lowest BCUT2D eigenvalue weighted by Crippen LogP contribution is -2.19. The summed E-state index contributed by atoms with van der Waals surface area (Å²) in [6.45, 7) is 0. The van der Waals surface area contributed by atoms with Gasteiger partial charge in [-0.05, 0) is 18.2 Å². The summed E-state index contributed by atoms with van der Waals surface area (Å²) in [6.07, 6.45) is 3.17. The molecule has 0 radical (unpaired) electrons. The van der Waals surface area contributed by atoms with Crippen molar-refractivity contribution in [3.8, 4) is 0 Å². The van der Waals surface area contributed by atoms with Crippen molar-refractivity contribution in [1.29, 1.82) is 0 Å². The van der Waals surface area contributed by atoms with Crippen LogP contribution in [0.3, 0.4) is 0 Å². The van der Waals surface area contributed by atoms with E-state index in [2.05, 4.69) is 25.9 Å². The lowest BCUT2D eigenvalue weighted by atomic mass is 10.1. The number of nitrogens with one attached hydrogen (secondary N) is 3. The number of amides is 2. The third-order valence-electron chi connectivity index (χ3n) is 2.90. The molecule has 0 saturated carbocycles. The number of rotatable bonds is 3. The first-order valence-electron chi connectivity index (χ1n) is 5.94. The Morgan fingerprint density at radius 3 is 2.60 bits per heavy atom. The lowest BCUT2D eigenvalue weighted by Gasteiger charge is -2.07. The number of anilines is 3. The number of hydrogen-bond donors (Lipinski definition) is 3. The monoisotopic (exact) mass is 269 g/mol. The van der Waals surface area contributed by atoms with E-state index in [1.165, 1.54) is 0 Å². The first-order valence-corrected chi connectivity index (χ1v) is 5.94. The molecule has 0 bridgehead atoms. The van der Waals surface area contributed by atoms with Gasteiger partial charge >= 0.3 is 0 Å². The van der Waals surface area contributed by atoms with Crippen molar-refractivity contribution >= 4 is 29.1 Å². The van der Waals surface area contributed by atoms with Gasteiger partial charge in [0, 0.05) is 12.7 Å². The van der Waals surface area contributed by atoms with Crippen molar-refractivity contribution in [2.75, 3.05) is 17.7 Å². The van der Waals surface area contributed by atoms with Crippen LogP contribution in [-0.2, 0) is 0 Å². The Hall–Kier alpha value is -2.96. The Labute approximate surface area is 114 Å². The molecule has 3 rings (SSSR count). The van der Waals surface area contributed by atoms with Crippen LogP contribution in [0.15, 0.2) is 30.6 Å². The number of benzene rings is 1. The lowest BCUT2D eigenvalue weighted by molar-refractivity contribution is 0.0879. The Kier molecular flexibility index (Phi) is 2.79. The summed E-state index contributed by atoms with van der Waals surface area (Å²) >= 11 is 0. The minimum Gasteiger partial charge on any atom is -0.372 e. The normalized spacial score (nSPS) is 12.8.